The lowest BCUT2D eigenvalue weighted by Gasteiger charge is -2.39. The van der Waals surface area contributed by atoms with Gasteiger partial charge in [-0.25, -0.2) is 8.78 Å². The van der Waals surface area contributed by atoms with Crippen LogP contribution in [-0.4, -0.2) is 60.4 Å². The van der Waals surface area contributed by atoms with Gasteiger partial charge in [0.2, 0.25) is 5.91 Å². The van der Waals surface area contributed by atoms with Crippen LogP contribution in [0.2, 0.25) is 0 Å². The molecule has 0 atom stereocenters. The van der Waals surface area contributed by atoms with Gasteiger partial charge < -0.3 is 19.9 Å². The number of hydrogen-bond acceptors (Lipinski definition) is 6. The molecular formula is C24H25F2N5O2. The third kappa shape index (κ3) is 4.59. The van der Waals surface area contributed by atoms with Gasteiger partial charge in [0.15, 0.2) is 0 Å². The van der Waals surface area contributed by atoms with E-state index in [9.17, 15) is 13.6 Å². The second-order valence-electron chi connectivity index (χ2n) is 8.41. The van der Waals surface area contributed by atoms with Crippen LogP contribution < -0.4 is 10.2 Å². The number of piperazine rings is 1. The largest absolute Gasteiger partial charge is 0.380 e. The minimum absolute atomic E-state index is 0.0109. The predicted molar refractivity (Wildman–Crippen MR) is 121 cm³/mol. The third-order valence-corrected chi connectivity index (χ3v) is 6.25. The number of hydrogen-bond donors (Lipinski definition) is 1. The second kappa shape index (κ2) is 9.27. The van der Waals surface area contributed by atoms with Crippen LogP contribution >= 0.6 is 0 Å². The molecule has 3 heterocycles. The van der Waals surface area contributed by atoms with Crippen molar-refractivity contribution in [3.05, 3.63) is 59.8 Å². The fraction of sp³-hybridized carbons (Fsp3) is 0.375. The summed E-state index contributed by atoms with van der Waals surface area (Å²) in [7, 11) is 0. The summed E-state index contributed by atoms with van der Waals surface area (Å²) in [5, 5.41) is 12.5. The van der Waals surface area contributed by atoms with Crippen molar-refractivity contribution in [2.75, 3.05) is 49.6 Å². The summed E-state index contributed by atoms with van der Waals surface area (Å²) in [6, 6.07) is 12.4. The Kier molecular flexibility index (Phi) is 6.04. The van der Waals surface area contributed by atoms with Crippen molar-refractivity contribution < 1.29 is 18.3 Å². The fourth-order valence-corrected chi connectivity index (χ4v) is 4.24. The number of benzene rings is 2. The molecule has 2 saturated heterocycles. The molecule has 2 aromatic carbocycles. The number of ether oxygens (including phenoxy) is 1. The highest BCUT2D eigenvalue weighted by atomic mass is 19.3. The summed E-state index contributed by atoms with van der Waals surface area (Å²) < 4.78 is 31.1. The molecule has 3 aromatic rings. The monoisotopic (exact) mass is 453 g/mol. The second-order valence-corrected chi connectivity index (χ2v) is 8.41. The topological polar surface area (TPSA) is 70.6 Å². The van der Waals surface area contributed by atoms with E-state index in [2.05, 4.69) is 26.5 Å². The van der Waals surface area contributed by atoms with Crippen LogP contribution in [0, 0.1) is 5.92 Å². The van der Waals surface area contributed by atoms with Crippen LogP contribution in [0.25, 0.3) is 10.9 Å². The van der Waals surface area contributed by atoms with Crippen LogP contribution in [0.3, 0.4) is 0 Å². The molecule has 2 aliphatic rings. The molecule has 7 nitrogen and oxygen atoms in total. The molecule has 2 fully saturated rings. The Morgan fingerprint density at radius 2 is 1.94 bits per heavy atom. The van der Waals surface area contributed by atoms with E-state index >= 15 is 0 Å². The number of aromatic nitrogens is 2. The Hall–Kier alpha value is -3.33. The molecule has 2 aliphatic heterocycles. The Morgan fingerprint density at radius 3 is 2.67 bits per heavy atom. The number of carbonyl (C=O) groups is 1. The molecule has 0 aliphatic carbocycles. The van der Waals surface area contributed by atoms with Crippen LogP contribution in [0.5, 0.6) is 0 Å². The van der Waals surface area contributed by atoms with Crippen molar-refractivity contribution in [1.82, 2.24) is 15.1 Å². The van der Waals surface area contributed by atoms with Gasteiger partial charge in [-0.3, -0.25) is 4.79 Å². The van der Waals surface area contributed by atoms with E-state index in [0.29, 0.717) is 32.8 Å². The van der Waals surface area contributed by atoms with Crippen LogP contribution in [0.15, 0.2) is 48.7 Å². The molecule has 0 bridgehead atoms. The number of carbonyl (C=O) groups excluding carboxylic acids is 1. The maximum Gasteiger partial charge on any atom is 0.263 e. The predicted octanol–water partition coefficient (Wildman–Crippen LogP) is 3.47. The highest BCUT2D eigenvalue weighted by Gasteiger charge is 2.32. The first-order valence-corrected chi connectivity index (χ1v) is 11.1. The zero-order valence-corrected chi connectivity index (χ0v) is 18.1. The number of anilines is 2. The summed E-state index contributed by atoms with van der Waals surface area (Å²) >= 11 is 0. The van der Waals surface area contributed by atoms with Crippen molar-refractivity contribution >= 4 is 28.2 Å². The maximum absolute atomic E-state index is 13.0. The van der Waals surface area contributed by atoms with Gasteiger partial charge in [-0.1, -0.05) is 18.2 Å². The Labute approximate surface area is 190 Å². The van der Waals surface area contributed by atoms with Crippen molar-refractivity contribution in [1.29, 1.82) is 0 Å². The molecular weight excluding hydrogens is 428 g/mol. The van der Waals surface area contributed by atoms with E-state index in [-0.39, 0.29) is 17.4 Å². The molecule has 1 amide bonds. The lowest BCUT2D eigenvalue weighted by Crippen LogP contribution is -2.53. The number of nitrogens with one attached hydrogen (secondary N) is 1. The normalized spacial score (nSPS) is 16.8. The highest BCUT2D eigenvalue weighted by molar-refractivity contribution is 5.93. The summed E-state index contributed by atoms with van der Waals surface area (Å²) in [5.41, 5.74) is 3.38. The molecule has 0 spiro atoms. The SMILES string of the molecule is O=C(C1COC1)N1CCN(c2ccc3nncc(NCc4cccc(C(F)F)c4)c3c2)CC1. The van der Waals surface area contributed by atoms with Gasteiger partial charge in [0.1, 0.15) is 0 Å². The lowest BCUT2D eigenvalue weighted by molar-refractivity contribution is -0.150. The maximum atomic E-state index is 13.0. The summed E-state index contributed by atoms with van der Waals surface area (Å²) in [5.74, 6) is 0.211. The first-order chi connectivity index (χ1) is 16.1. The molecule has 5 rings (SSSR count). The molecule has 33 heavy (non-hydrogen) atoms. The number of fused-ring (bicyclic) bond motifs is 1. The standard InChI is InChI=1S/C24H25F2N5O2/c25-23(26)17-3-1-2-16(10-17)12-27-22-13-28-29-21-5-4-19(11-20(21)22)30-6-8-31(9-7-30)24(32)18-14-33-15-18/h1-5,10-11,13,18,23H,6-9,12,14-15H2,(H,27,29). The molecule has 1 N–H and O–H groups in total. The van der Waals surface area contributed by atoms with E-state index in [1.807, 2.05) is 23.1 Å². The van der Waals surface area contributed by atoms with Gasteiger partial charge in [-0.2, -0.15) is 10.2 Å². The first kappa shape index (κ1) is 21.5. The van der Waals surface area contributed by atoms with E-state index in [1.165, 1.54) is 12.1 Å². The zero-order chi connectivity index (χ0) is 22.8. The van der Waals surface area contributed by atoms with Gasteiger partial charge >= 0.3 is 0 Å². The lowest BCUT2D eigenvalue weighted by atomic mass is 10.1. The van der Waals surface area contributed by atoms with Gasteiger partial charge in [0.05, 0.1) is 36.5 Å². The molecule has 172 valence electrons. The summed E-state index contributed by atoms with van der Waals surface area (Å²) in [6.45, 7) is 4.36. The Balaban J connectivity index is 1.29. The molecule has 0 radical (unpaired) electrons. The van der Waals surface area contributed by atoms with Crippen molar-refractivity contribution in [3.63, 3.8) is 0 Å². The van der Waals surface area contributed by atoms with Gasteiger partial charge in [-0.15, -0.1) is 0 Å². The average Bonchev–Trinajstić information content (AvgIpc) is 2.81. The number of rotatable bonds is 6. The van der Waals surface area contributed by atoms with Crippen LogP contribution in [0.1, 0.15) is 17.6 Å². The third-order valence-electron chi connectivity index (χ3n) is 6.25. The number of alkyl halides is 2. The molecule has 0 unspecified atom stereocenters. The Bertz CT molecular complexity index is 1150. The Morgan fingerprint density at radius 1 is 1.12 bits per heavy atom. The smallest absolute Gasteiger partial charge is 0.263 e. The highest BCUT2D eigenvalue weighted by Crippen LogP contribution is 2.28. The van der Waals surface area contributed by atoms with Gasteiger partial charge in [-0.05, 0) is 29.8 Å². The summed E-state index contributed by atoms with van der Waals surface area (Å²) in [6.07, 6.45) is -0.839. The first-order valence-electron chi connectivity index (χ1n) is 11.1. The van der Waals surface area contributed by atoms with Crippen molar-refractivity contribution in [2.45, 2.75) is 13.0 Å². The number of halogens is 2. The van der Waals surface area contributed by atoms with Crippen LogP contribution in [0.4, 0.5) is 20.2 Å². The van der Waals surface area contributed by atoms with E-state index in [0.717, 1.165) is 40.9 Å². The van der Waals surface area contributed by atoms with Gasteiger partial charge in [0, 0.05) is 49.4 Å². The van der Waals surface area contributed by atoms with Crippen molar-refractivity contribution in [3.8, 4) is 0 Å². The molecule has 0 saturated carbocycles. The minimum atomic E-state index is -2.49. The van der Waals surface area contributed by atoms with Gasteiger partial charge in [0.25, 0.3) is 6.43 Å². The van der Waals surface area contributed by atoms with Crippen molar-refractivity contribution in [2.24, 2.45) is 5.92 Å². The molecule has 9 heteroatoms. The van der Waals surface area contributed by atoms with E-state index in [1.54, 1.807) is 12.3 Å². The number of nitrogens with zero attached hydrogens (tertiary/aromatic N) is 4. The zero-order valence-electron chi connectivity index (χ0n) is 18.1. The quantitative estimate of drug-likeness (QED) is 0.616. The van der Waals surface area contributed by atoms with E-state index in [4.69, 9.17) is 4.74 Å². The fourth-order valence-electron chi connectivity index (χ4n) is 4.24. The summed E-state index contributed by atoms with van der Waals surface area (Å²) in [4.78, 5) is 16.6. The minimum Gasteiger partial charge on any atom is -0.380 e. The molecule has 1 aromatic heterocycles. The van der Waals surface area contributed by atoms with E-state index < -0.39 is 6.43 Å². The average molecular weight is 453 g/mol. The van der Waals surface area contributed by atoms with Crippen LogP contribution in [-0.2, 0) is 16.1 Å². The number of amides is 1.